The first kappa shape index (κ1) is 35.0. The molecule has 260 valence electrons. The smallest absolute Gasteiger partial charge is 0.410 e. The first-order chi connectivity index (χ1) is 23.2. The van der Waals surface area contributed by atoms with Crippen LogP contribution in [-0.4, -0.2) is 134 Å². The number of urea groups is 1. The van der Waals surface area contributed by atoms with Gasteiger partial charge in [0.1, 0.15) is 5.75 Å². The molecule has 4 amide bonds. The molecule has 11 nitrogen and oxygen atoms in total. The Hall–Kier alpha value is -2.87. The summed E-state index contributed by atoms with van der Waals surface area (Å²) >= 11 is 7.15. The van der Waals surface area contributed by atoms with Gasteiger partial charge < -0.3 is 34.4 Å². The van der Waals surface area contributed by atoms with Crippen LogP contribution < -0.4 is 10.1 Å². The molecule has 2 aromatic rings. The Kier molecular flexibility index (Phi) is 11.5. The average molecular weight is 791 g/mol. The van der Waals surface area contributed by atoms with Crippen molar-refractivity contribution in [1.29, 1.82) is 0 Å². The summed E-state index contributed by atoms with van der Waals surface area (Å²) in [6.45, 7) is 7.09. The van der Waals surface area contributed by atoms with E-state index in [0.29, 0.717) is 57.4 Å². The van der Waals surface area contributed by atoms with Gasteiger partial charge in [-0.2, -0.15) is 0 Å². The molecule has 0 bridgehead atoms. The summed E-state index contributed by atoms with van der Waals surface area (Å²) in [6, 6.07) is 12.1. The van der Waals surface area contributed by atoms with Crippen LogP contribution in [0.4, 0.5) is 15.3 Å². The van der Waals surface area contributed by atoms with Crippen LogP contribution in [0.15, 0.2) is 45.3 Å². The molecule has 4 aliphatic heterocycles. The van der Waals surface area contributed by atoms with Gasteiger partial charge >= 0.3 is 12.1 Å². The molecule has 3 fully saturated rings. The predicted molar refractivity (Wildman–Crippen MR) is 192 cm³/mol. The highest BCUT2D eigenvalue weighted by Gasteiger charge is 2.36. The van der Waals surface area contributed by atoms with Gasteiger partial charge in [0.15, 0.2) is 6.10 Å². The van der Waals surface area contributed by atoms with E-state index in [0.717, 1.165) is 71.2 Å². The van der Waals surface area contributed by atoms with E-state index in [1.54, 1.807) is 12.0 Å². The van der Waals surface area contributed by atoms with Crippen molar-refractivity contribution in [1.82, 2.24) is 24.5 Å². The van der Waals surface area contributed by atoms with Crippen LogP contribution in [0.2, 0.25) is 0 Å². The Labute approximate surface area is 300 Å². The number of piperazine rings is 1. The van der Waals surface area contributed by atoms with Crippen LogP contribution in [0.5, 0.6) is 5.75 Å². The Balaban J connectivity index is 1.09. The molecule has 0 radical (unpaired) electrons. The van der Waals surface area contributed by atoms with Crippen LogP contribution >= 0.6 is 31.9 Å². The average Bonchev–Trinajstić information content (AvgIpc) is 3.26. The van der Waals surface area contributed by atoms with E-state index in [-0.39, 0.29) is 24.4 Å². The molecular formula is C35H46Br2N6O5. The van der Waals surface area contributed by atoms with E-state index >= 15 is 0 Å². The van der Waals surface area contributed by atoms with E-state index in [9.17, 15) is 14.4 Å². The number of methoxy groups -OCH3 is 1. The fourth-order valence-corrected chi connectivity index (χ4v) is 9.06. The monoisotopic (exact) mass is 788 g/mol. The minimum absolute atomic E-state index is 0.0244. The summed E-state index contributed by atoms with van der Waals surface area (Å²) in [4.78, 5) is 51.2. The molecule has 13 heteroatoms. The first-order valence-corrected chi connectivity index (χ1v) is 18.6. The SMILES string of the molecule is COc1c(Br)cc(C[C@@H](OC(=O)N2CCC(N3CCc4ccccc4NC3=O)CC2)C(=O)N2CCC(N3CCN(C)CC3)CC2)cc1Br. The number of anilines is 1. The van der Waals surface area contributed by atoms with Gasteiger partial charge in [-0.15, -0.1) is 0 Å². The van der Waals surface area contributed by atoms with Crippen molar-refractivity contribution in [2.45, 2.75) is 56.7 Å². The molecule has 0 aromatic heterocycles. The number of carbonyl (C=O) groups is 3. The molecule has 4 heterocycles. The van der Waals surface area contributed by atoms with Gasteiger partial charge in [-0.05, 0) is 100 Å². The number of nitrogens with one attached hydrogen (secondary N) is 1. The summed E-state index contributed by atoms with van der Waals surface area (Å²) in [6.07, 6.45) is 2.71. The number of nitrogens with zero attached hydrogens (tertiary/aromatic N) is 5. The first-order valence-electron chi connectivity index (χ1n) is 17.0. The molecule has 0 spiro atoms. The van der Waals surface area contributed by atoms with Crippen LogP contribution in [0.25, 0.3) is 0 Å². The van der Waals surface area contributed by atoms with E-state index in [1.807, 2.05) is 40.1 Å². The van der Waals surface area contributed by atoms with Crippen molar-refractivity contribution in [3.63, 3.8) is 0 Å². The largest absolute Gasteiger partial charge is 0.494 e. The topological polar surface area (TPSA) is 97.9 Å². The molecule has 0 unspecified atom stereocenters. The normalized spacial score (nSPS) is 20.9. The Bertz CT molecular complexity index is 1450. The van der Waals surface area contributed by atoms with Crippen LogP contribution in [-0.2, 0) is 22.4 Å². The summed E-state index contributed by atoms with van der Waals surface area (Å²) in [5, 5.41) is 3.06. The molecule has 0 saturated carbocycles. The highest BCUT2D eigenvalue weighted by molar-refractivity contribution is 9.11. The number of fused-ring (bicyclic) bond motifs is 1. The third-order valence-corrected chi connectivity index (χ3v) is 11.5. The fraction of sp³-hybridized carbons (Fsp3) is 0.571. The van der Waals surface area contributed by atoms with Crippen LogP contribution in [0.3, 0.4) is 0 Å². The van der Waals surface area contributed by atoms with Crippen LogP contribution in [0, 0.1) is 0 Å². The number of hydrogen-bond acceptors (Lipinski definition) is 7. The van der Waals surface area contributed by atoms with E-state index < -0.39 is 12.2 Å². The Morgan fingerprint density at radius 3 is 2.17 bits per heavy atom. The number of halogens is 2. The number of likely N-dealkylation sites (tertiary alicyclic amines) is 2. The molecule has 1 atom stereocenters. The second-order valence-corrected chi connectivity index (χ2v) is 15.0. The summed E-state index contributed by atoms with van der Waals surface area (Å²) in [5.74, 6) is 0.508. The summed E-state index contributed by atoms with van der Waals surface area (Å²) < 4.78 is 13.1. The van der Waals surface area contributed by atoms with Crippen molar-refractivity contribution in [2.24, 2.45) is 0 Å². The number of benzene rings is 2. The van der Waals surface area contributed by atoms with E-state index in [4.69, 9.17) is 9.47 Å². The van der Waals surface area contributed by atoms with Crippen molar-refractivity contribution in [2.75, 3.05) is 78.4 Å². The number of hydrogen-bond donors (Lipinski definition) is 1. The molecule has 4 aliphatic rings. The molecule has 1 N–H and O–H groups in total. The minimum atomic E-state index is -0.961. The highest BCUT2D eigenvalue weighted by Crippen LogP contribution is 2.35. The lowest BCUT2D eigenvalue weighted by Crippen LogP contribution is -2.54. The van der Waals surface area contributed by atoms with Gasteiger partial charge in [0, 0.05) is 83.1 Å². The maximum atomic E-state index is 14.1. The zero-order valence-corrected chi connectivity index (χ0v) is 31.0. The number of piperidine rings is 2. The minimum Gasteiger partial charge on any atom is -0.494 e. The molecule has 0 aliphatic carbocycles. The van der Waals surface area contributed by atoms with E-state index in [1.165, 1.54) is 0 Å². The zero-order chi connectivity index (χ0) is 33.8. The van der Waals surface area contributed by atoms with Crippen LogP contribution in [0.1, 0.15) is 36.8 Å². The third kappa shape index (κ3) is 8.11. The number of carbonyl (C=O) groups excluding carboxylic acids is 3. The highest BCUT2D eigenvalue weighted by atomic mass is 79.9. The van der Waals surface area contributed by atoms with Crippen molar-refractivity contribution in [3.05, 3.63) is 56.5 Å². The maximum Gasteiger partial charge on any atom is 0.410 e. The summed E-state index contributed by atoms with van der Waals surface area (Å²) in [7, 11) is 3.77. The lowest BCUT2D eigenvalue weighted by molar-refractivity contribution is -0.142. The van der Waals surface area contributed by atoms with Gasteiger partial charge in [-0.3, -0.25) is 9.69 Å². The van der Waals surface area contributed by atoms with E-state index in [2.05, 4.69) is 60.1 Å². The number of ether oxygens (including phenoxy) is 2. The van der Waals surface area contributed by atoms with Gasteiger partial charge in [0.25, 0.3) is 5.91 Å². The molecule has 6 rings (SSSR count). The van der Waals surface area contributed by atoms with Gasteiger partial charge in [0.05, 0.1) is 16.1 Å². The summed E-state index contributed by atoms with van der Waals surface area (Å²) in [5.41, 5.74) is 2.84. The second kappa shape index (κ2) is 15.8. The number of likely N-dealkylation sites (N-methyl/N-ethyl adjacent to an activating group) is 1. The number of para-hydroxylation sites is 1. The quantitative estimate of drug-likeness (QED) is 0.419. The lowest BCUT2D eigenvalue weighted by atomic mass is 10.0. The number of amides is 4. The Morgan fingerprint density at radius 2 is 1.50 bits per heavy atom. The molecule has 2 aromatic carbocycles. The number of rotatable bonds is 7. The molecule has 3 saturated heterocycles. The third-order valence-electron chi connectivity index (χ3n) is 10.3. The van der Waals surface area contributed by atoms with Gasteiger partial charge in [0.2, 0.25) is 0 Å². The van der Waals surface area contributed by atoms with Crippen molar-refractivity contribution in [3.8, 4) is 5.75 Å². The maximum absolute atomic E-state index is 14.1. The molecule has 48 heavy (non-hydrogen) atoms. The van der Waals surface area contributed by atoms with Crippen molar-refractivity contribution >= 4 is 55.6 Å². The Morgan fingerprint density at radius 1 is 0.875 bits per heavy atom. The fourth-order valence-electron chi connectivity index (χ4n) is 7.46. The van der Waals surface area contributed by atoms with Crippen molar-refractivity contribution < 1.29 is 23.9 Å². The van der Waals surface area contributed by atoms with Gasteiger partial charge in [-0.25, -0.2) is 9.59 Å². The molecular weight excluding hydrogens is 744 g/mol. The second-order valence-electron chi connectivity index (χ2n) is 13.3. The standard InChI is InChI=1S/C35H46Br2N6O5/c1-39-17-19-40(20-18-39)26-8-12-41(13-9-26)33(44)31(23-24-21-28(36)32(47-2)29(37)22-24)48-35(46)42-14-10-27(11-15-42)43-16-7-25-5-3-4-6-30(25)38-34(43)45/h3-6,21-22,26-27,31H,7-20,23H2,1-2H3,(H,38,45)/t31-/m1/s1. The van der Waals surface area contributed by atoms with Gasteiger partial charge in [-0.1, -0.05) is 18.2 Å². The lowest BCUT2D eigenvalue weighted by Gasteiger charge is -2.42. The zero-order valence-electron chi connectivity index (χ0n) is 27.8. The predicted octanol–water partition coefficient (Wildman–Crippen LogP) is 5.06.